The average Bonchev–Trinajstić information content (AvgIpc) is 2.97. The predicted molar refractivity (Wildman–Crippen MR) is 95.2 cm³/mol. The zero-order valence-corrected chi connectivity index (χ0v) is 14.3. The molecule has 5 heteroatoms. The normalized spacial score (nSPS) is 10.9. The number of oxazole rings is 1. The molecule has 0 fully saturated rings. The first-order chi connectivity index (χ1) is 11.6. The number of hydrogen-bond acceptors (Lipinski definition) is 3. The zero-order chi connectivity index (χ0) is 16.9. The molecular weight excluding hydrogens is 324 g/mol. The molecule has 0 aliphatic carbocycles. The molecule has 0 aliphatic heterocycles. The molecule has 0 saturated heterocycles. The van der Waals surface area contributed by atoms with Gasteiger partial charge in [-0.1, -0.05) is 29.8 Å². The van der Waals surface area contributed by atoms with Gasteiger partial charge in [-0.25, -0.2) is 4.98 Å². The van der Waals surface area contributed by atoms with E-state index in [-0.39, 0.29) is 5.91 Å². The summed E-state index contributed by atoms with van der Waals surface area (Å²) in [6, 6.07) is 13.5. The van der Waals surface area contributed by atoms with Crippen molar-refractivity contribution in [2.75, 3.05) is 6.54 Å². The van der Waals surface area contributed by atoms with Crippen LogP contribution in [0.4, 0.5) is 0 Å². The van der Waals surface area contributed by atoms with Crippen molar-refractivity contribution in [3.63, 3.8) is 0 Å². The van der Waals surface area contributed by atoms with E-state index in [9.17, 15) is 4.79 Å². The molecule has 0 bridgehead atoms. The summed E-state index contributed by atoms with van der Waals surface area (Å²) >= 11 is 5.85. The van der Waals surface area contributed by atoms with Crippen LogP contribution in [0.2, 0.25) is 5.02 Å². The standard InChI is InChI=1S/C19H19ClN2O2/c1-13-2-7-17-16(12-13)22-19(24-17)9-8-18(23)21-11-10-14-3-5-15(20)6-4-14/h2-7,12H,8-11H2,1H3,(H,21,23). The maximum Gasteiger partial charge on any atom is 0.220 e. The van der Waals surface area contributed by atoms with Crippen molar-refractivity contribution < 1.29 is 9.21 Å². The molecule has 0 radical (unpaired) electrons. The van der Waals surface area contributed by atoms with Crippen LogP contribution in [-0.2, 0) is 17.6 Å². The first-order valence-electron chi connectivity index (χ1n) is 7.97. The monoisotopic (exact) mass is 342 g/mol. The van der Waals surface area contributed by atoms with Crippen LogP contribution in [0.5, 0.6) is 0 Å². The Kier molecular flexibility index (Phi) is 5.16. The quantitative estimate of drug-likeness (QED) is 0.734. The van der Waals surface area contributed by atoms with E-state index in [2.05, 4.69) is 10.3 Å². The smallest absolute Gasteiger partial charge is 0.220 e. The molecule has 124 valence electrons. The van der Waals surface area contributed by atoms with E-state index < -0.39 is 0 Å². The first kappa shape index (κ1) is 16.5. The third-order valence-electron chi connectivity index (χ3n) is 3.80. The topological polar surface area (TPSA) is 55.1 Å². The third-order valence-corrected chi connectivity index (χ3v) is 4.05. The Morgan fingerprint density at radius 2 is 1.96 bits per heavy atom. The highest BCUT2D eigenvalue weighted by Crippen LogP contribution is 2.17. The number of amides is 1. The molecule has 1 N–H and O–H groups in total. The Morgan fingerprint density at radius 3 is 2.75 bits per heavy atom. The van der Waals surface area contributed by atoms with Crippen molar-refractivity contribution in [3.8, 4) is 0 Å². The molecule has 1 aromatic heterocycles. The van der Waals surface area contributed by atoms with Crippen LogP contribution in [0.1, 0.15) is 23.4 Å². The lowest BCUT2D eigenvalue weighted by Gasteiger charge is -2.04. The second-order valence-electron chi connectivity index (χ2n) is 5.81. The Balaban J connectivity index is 1.45. The summed E-state index contributed by atoms with van der Waals surface area (Å²) in [7, 11) is 0. The molecule has 0 saturated carbocycles. The van der Waals surface area contributed by atoms with Crippen molar-refractivity contribution >= 4 is 28.6 Å². The summed E-state index contributed by atoms with van der Waals surface area (Å²) < 4.78 is 5.65. The summed E-state index contributed by atoms with van der Waals surface area (Å²) in [5.41, 5.74) is 3.89. The van der Waals surface area contributed by atoms with Gasteiger partial charge in [0, 0.05) is 24.4 Å². The van der Waals surface area contributed by atoms with Crippen molar-refractivity contribution in [2.24, 2.45) is 0 Å². The summed E-state index contributed by atoms with van der Waals surface area (Å²) in [5.74, 6) is 0.603. The van der Waals surface area contributed by atoms with Gasteiger partial charge in [0.25, 0.3) is 0 Å². The van der Waals surface area contributed by atoms with Crippen LogP contribution in [0, 0.1) is 6.92 Å². The van der Waals surface area contributed by atoms with Crippen molar-refractivity contribution in [3.05, 3.63) is 64.5 Å². The van der Waals surface area contributed by atoms with Gasteiger partial charge in [0.1, 0.15) is 5.52 Å². The second-order valence-corrected chi connectivity index (χ2v) is 6.24. The highest BCUT2D eigenvalue weighted by Gasteiger charge is 2.08. The molecule has 0 spiro atoms. The van der Waals surface area contributed by atoms with Gasteiger partial charge >= 0.3 is 0 Å². The molecular formula is C19H19ClN2O2. The minimum absolute atomic E-state index is 0.00222. The highest BCUT2D eigenvalue weighted by atomic mass is 35.5. The van der Waals surface area contributed by atoms with Gasteiger partial charge in [-0.3, -0.25) is 4.79 Å². The van der Waals surface area contributed by atoms with E-state index in [1.54, 1.807) is 0 Å². The number of fused-ring (bicyclic) bond motifs is 1. The lowest BCUT2D eigenvalue weighted by atomic mass is 10.1. The maximum atomic E-state index is 11.9. The van der Waals surface area contributed by atoms with Crippen molar-refractivity contribution in [2.45, 2.75) is 26.2 Å². The number of hydrogen-bond donors (Lipinski definition) is 1. The molecule has 3 aromatic rings. The molecule has 1 heterocycles. The largest absolute Gasteiger partial charge is 0.441 e. The molecule has 4 nitrogen and oxygen atoms in total. The lowest BCUT2D eigenvalue weighted by Crippen LogP contribution is -2.25. The Morgan fingerprint density at radius 1 is 1.17 bits per heavy atom. The number of carbonyl (C=O) groups excluding carboxylic acids is 1. The van der Waals surface area contributed by atoms with Crippen LogP contribution < -0.4 is 5.32 Å². The SMILES string of the molecule is Cc1ccc2oc(CCC(=O)NCCc3ccc(Cl)cc3)nc2c1. The van der Waals surface area contributed by atoms with Gasteiger partial charge in [0.15, 0.2) is 11.5 Å². The molecule has 1 amide bonds. The Hall–Kier alpha value is -2.33. The predicted octanol–water partition coefficient (Wildman–Crippen LogP) is 4.08. The van der Waals surface area contributed by atoms with Crippen LogP contribution in [0.15, 0.2) is 46.9 Å². The second kappa shape index (κ2) is 7.49. The van der Waals surface area contributed by atoms with Gasteiger partial charge in [0.05, 0.1) is 0 Å². The first-order valence-corrected chi connectivity index (χ1v) is 8.35. The number of benzene rings is 2. The lowest BCUT2D eigenvalue weighted by molar-refractivity contribution is -0.121. The van der Waals surface area contributed by atoms with E-state index in [0.717, 1.165) is 33.7 Å². The Bertz CT molecular complexity index is 840. The molecule has 2 aromatic carbocycles. The maximum absolute atomic E-state index is 11.9. The van der Waals surface area contributed by atoms with E-state index in [0.29, 0.717) is 25.3 Å². The number of halogens is 1. The molecule has 0 unspecified atom stereocenters. The van der Waals surface area contributed by atoms with Crippen molar-refractivity contribution in [1.29, 1.82) is 0 Å². The van der Waals surface area contributed by atoms with Crippen LogP contribution in [0.25, 0.3) is 11.1 Å². The average molecular weight is 343 g/mol. The van der Waals surface area contributed by atoms with Gasteiger partial charge in [-0.2, -0.15) is 0 Å². The third kappa shape index (κ3) is 4.36. The summed E-state index contributed by atoms with van der Waals surface area (Å²) in [6.45, 7) is 2.62. The van der Waals surface area contributed by atoms with Crippen LogP contribution in [0.3, 0.4) is 0 Å². The van der Waals surface area contributed by atoms with E-state index in [1.807, 2.05) is 49.4 Å². The van der Waals surface area contributed by atoms with E-state index in [1.165, 1.54) is 0 Å². The summed E-state index contributed by atoms with van der Waals surface area (Å²) in [5, 5.41) is 3.64. The van der Waals surface area contributed by atoms with Gasteiger partial charge in [-0.05, 0) is 48.7 Å². The van der Waals surface area contributed by atoms with Gasteiger partial charge < -0.3 is 9.73 Å². The number of carbonyl (C=O) groups is 1. The fourth-order valence-electron chi connectivity index (χ4n) is 2.50. The van der Waals surface area contributed by atoms with Crippen LogP contribution >= 0.6 is 11.6 Å². The van der Waals surface area contributed by atoms with Gasteiger partial charge in [0.2, 0.25) is 5.91 Å². The Labute approximate surface area is 145 Å². The number of nitrogens with one attached hydrogen (secondary N) is 1. The number of aromatic nitrogens is 1. The van der Waals surface area contributed by atoms with E-state index in [4.69, 9.17) is 16.0 Å². The minimum atomic E-state index is 0.00222. The molecule has 3 rings (SSSR count). The summed E-state index contributed by atoms with van der Waals surface area (Å²) in [6.07, 6.45) is 1.65. The highest BCUT2D eigenvalue weighted by molar-refractivity contribution is 6.30. The van der Waals surface area contributed by atoms with Gasteiger partial charge in [-0.15, -0.1) is 0 Å². The summed E-state index contributed by atoms with van der Waals surface area (Å²) in [4.78, 5) is 16.4. The fourth-order valence-corrected chi connectivity index (χ4v) is 2.62. The van der Waals surface area contributed by atoms with Crippen molar-refractivity contribution in [1.82, 2.24) is 10.3 Å². The molecule has 0 aliphatic rings. The molecule has 0 atom stereocenters. The molecule has 24 heavy (non-hydrogen) atoms. The zero-order valence-electron chi connectivity index (χ0n) is 13.5. The minimum Gasteiger partial charge on any atom is -0.441 e. The number of rotatable bonds is 6. The number of aryl methyl sites for hydroxylation is 2. The fraction of sp³-hybridized carbons (Fsp3) is 0.263. The van der Waals surface area contributed by atoms with Crippen LogP contribution in [-0.4, -0.2) is 17.4 Å². The number of nitrogens with zero attached hydrogens (tertiary/aromatic N) is 1. The van der Waals surface area contributed by atoms with E-state index >= 15 is 0 Å².